The van der Waals surface area contributed by atoms with Crippen molar-refractivity contribution >= 4 is 26.7 Å². The largest absolute Gasteiger partial charge is 0.496 e. The van der Waals surface area contributed by atoms with E-state index in [1.165, 1.54) is 0 Å². The Morgan fingerprint density at radius 3 is 2.82 bits per heavy atom. The molecule has 1 aromatic carbocycles. The Morgan fingerprint density at radius 1 is 1.53 bits per heavy atom. The lowest BCUT2D eigenvalue weighted by Gasteiger charge is -2.09. The number of methoxy groups -OCH3 is 1. The monoisotopic (exact) mass is 319 g/mol. The molecule has 0 aliphatic heterocycles. The molecule has 0 aliphatic rings. The van der Waals surface area contributed by atoms with Crippen molar-refractivity contribution in [1.82, 2.24) is 0 Å². The molecule has 0 spiro atoms. The average molecular weight is 320 g/mol. The van der Waals surface area contributed by atoms with Gasteiger partial charge in [-0.2, -0.15) is 0 Å². The van der Waals surface area contributed by atoms with E-state index in [0.29, 0.717) is 11.5 Å². The summed E-state index contributed by atoms with van der Waals surface area (Å²) < 4.78 is 18.1. The SMILES string of the molecule is COc1ccc(Br)cc1CS(=O)CCC(C)N. The molecule has 5 heteroatoms. The van der Waals surface area contributed by atoms with Crippen LogP contribution in [0, 0.1) is 0 Å². The summed E-state index contributed by atoms with van der Waals surface area (Å²) in [6.45, 7) is 1.93. The van der Waals surface area contributed by atoms with Crippen molar-refractivity contribution in [3.8, 4) is 5.75 Å². The Hall–Kier alpha value is -0.390. The van der Waals surface area contributed by atoms with Gasteiger partial charge in [0.1, 0.15) is 5.75 Å². The first-order valence-corrected chi connectivity index (χ1v) is 7.74. The van der Waals surface area contributed by atoms with Crippen LogP contribution >= 0.6 is 15.9 Å². The van der Waals surface area contributed by atoms with Gasteiger partial charge in [0.05, 0.1) is 12.9 Å². The lowest BCUT2D eigenvalue weighted by Crippen LogP contribution is -2.18. The van der Waals surface area contributed by atoms with Crippen molar-refractivity contribution in [3.63, 3.8) is 0 Å². The third kappa shape index (κ3) is 5.19. The van der Waals surface area contributed by atoms with E-state index in [2.05, 4.69) is 15.9 Å². The van der Waals surface area contributed by atoms with Crippen molar-refractivity contribution in [3.05, 3.63) is 28.2 Å². The molecule has 3 nitrogen and oxygen atoms in total. The molecule has 1 rings (SSSR count). The predicted octanol–water partition coefficient (Wildman–Crippen LogP) is 2.44. The molecule has 0 radical (unpaired) electrons. The number of ether oxygens (including phenoxy) is 1. The lowest BCUT2D eigenvalue weighted by molar-refractivity contribution is 0.411. The molecular formula is C12H18BrNO2S. The molecule has 0 saturated carbocycles. The fraction of sp³-hybridized carbons (Fsp3) is 0.500. The minimum atomic E-state index is -0.893. The van der Waals surface area contributed by atoms with Crippen molar-refractivity contribution in [2.24, 2.45) is 5.73 Å². The molecule has 17 heavy (non-hydrogen) atoms. The summed E-state index contributed by atoms with van der Waals surface area (Å²) >= 11 is 3.40. The standard InChI is InChI=1S/C12H18BrNO2S/c1-9(14)5-6-17(15)8-10-7-11(13)3-4-12(10)16-2/h3-4,7,9H,5-6,8,14H2,1-2H3. The van der Waals surface area contributed by atoms with E-state index in [0.717, 1.165) is 22.2 Å². The van der Waals surface area contributed by atoms with Gasteiger partial charge < -0.3 is 10.5 Å². The molecule has 0 heterocycles. The van der Waals surface area contributed by atoms with Crippen LogP contribution in [0.15, 0.2) is 22.7 Å². The second kappa shape index (κ2) is 7.13. The number of rotatable bonds is 6. The minimum Gasteiger partial charge on any atom is -0.496 e. The number of halogens is 1. The number of nitrogens with two attached hydrogens (primary N) is 1. The van der Waals surface area contributed by atoms with Crippen LogP contribution in [0.5, 0.6) is 5.75 Å². The van der Waals surface area contributed by atoms with Gasteiger partial charge in [-0.3, -0.25) is 4.21 Å². The van der Waals surface area contributed by atoms with Gasteiger partial charge in [-0.1, -0.05) is 15.9 Å². The van der Waals surface area contributed by atoms with Gasteiger partial charge in [-0.15, -0.1) is 0 Å². The topological polar surface area (TPSA) is 52.3 Å². The van der Waals surface area contributed by atoms with Crippen molar-refractivity contribution in [2.75, 3.05) is 12.9 Å². The van der Waals surface area contributed by atoms with Crippen LogP contribution in [-0.4, -0.2) is 23.1 Å². The second-order valence-electron chi connectivity index (χ2n) is 4.01. The van der Waals surface area contributed by atoms with Crippen molar-refractivity contribution in [1.29, 1.82) is 0 Å². The van der Waals surface area contributed by atoms with Gasteiger partial charge in [0.15, 0.2) is 0 Å². The summed E-state index contributed by atoms with van der Waals surface area (Å²) in [4.78, 5) is 0. The molecule has 0 saturated heterocycles. The Kier molecular flexibility index (Phi) is 6.16. The molecule has 2 unspecified atom stereocenters. The maximum absolute atomic E-state index is 11.9. The first-order chi connectivity index (χ1) is 8.02. The molecule has 96 valence electrons. The van der Waals surface area contributed by atoms with E-state index in [9.17, 15) is 4.21 Å². The summed E-state index contributed by atoms with van der Waals surface area (Å²) in [7, 11) is 0.730. The molecular weight excluding hydrogens is 302 g/mol. The lowest BCUT2D eigenvalue weighted by atomic mass is 10.2. The smallest absolute Gasteiger partial charge is 0.123 e. The normalized spacial score (nSPS) is 14.4. The molecule has 0 bridgehead atoms. The van der Waals surface area contributed by atoms with Gasteiger partial charge in [-0.05, 0) is 31.5 Å². The summed E-state index contributed by atoms with van der Waals surface area (Å²) in [6, 6.07) is 5.83. The van der Waals surface area contributed by atoms with Gasteiger partial charge >= 0.3 is 0 Å². The zero-order valence-electron chi connectivity index (χ0n) is 10.1. The van der Waals surface area contributed by atoms with Crippen LogP contribution < -0.4 is 10.5 Å². The van der Waals surface area contributed by atoms with Crippen molar-refractivity contribution in [2.45, 2.75) is 25.1 Å². The molecule has 0 aliphatic carbocycles. The average Bonchev–Trinajstić information content (AvgIpc) is 2.27. The first-order valence-electron chi connectivity index (χ1n) is 5.46. The Balaban J connectivity index is 2.66. The van der Waals surface area contributed by atoms with E-state index in [1.54, 1.807) is 7.11 Å². The van der Waals surface area contributed by atoms with Gasteiger partial charge in [0.25, 0.3) is 0 Å². The van der Waals surface area contributed by atoms with E-state index in [4.69, 9.17) is 10.5 Å². The molecule has 1 aromatic rings. The molecule has 0 fully saturated rings. The summed E-state index contributed by atoms with van der Waals surface area (Å²) in [5.74, 6) is 1.92. The van der Waals surface area contributed by atoms with Crippen LogP contribution in [-0.2, 0) is 16.6 Å². The Morgan fingerprint density at radius 2 is 2.24 bits per heavy atom. The van der Waals surface area contributed by atoms with Crippen LogP contribution in [0.25, 0.3) is 0 Å². The van der Waals surface area contributed by atoms with E-state index in [-0.39, 0.29) is 6.04 Å². The highest BCUT2D eigenvalue weighted by molar-refractivity contribution is 9.10. The number of benzene rings is 1. The summed E-state index contributed by atoms with van der Waals surface area (Å²) in [5, 5.41) is 0. The van der Waals surface area contributed by atoms with Gasteiger partial charge in [-0.25, -0.2) is 0 Å². The highest BCUT2D eigenvalue weighted by Crippen LogP contribution is 2.24. The molecule has 0 amide bonds. The van der Waals surface area contributed by atoms with Crippen LogP contribution in [0.2, 0.25) is 0 Å². The van der Waals surface area contributed by atoms with Crippen LogP contribution in [0.3, 0.4) is 0 Å². The fourth-order valence-electron chi connectivity index (χ4n) is 1.42. The second-order valence-corrected chi connectivity index (χ2v) is 6.50. The molecule has 2 N–H and O–H groups in total. The third-order valence-electron chi connectivity index (χ3n) is 2.36. The molecule has 2 atom stereocenters. The number of hydrogen-bond donors (Lipinski definition) is 1. The van der Waals surface area contributed by atoms with E-state index < -0.39 is 10.8 Å². The highest BCUT2D eigenvalue weighted by atomic mass is 79.9. The third-order valence-corrected chi connectivity index (χ3v) is 4.18. The zero-order valence-corrected chi connectivity index (χ0v) is 12.5. The Bertz CT molecular complexity index is 396. The predicted molar refractivity (Wildman–Crippen MR) is 75.7 cm³/mol. The summed E-state index contributed by atoms with van der Waals surface area (Å²) in [6.07, 6.45) is 0.781. The van der Waals surface area contributed by atoms with Crippen molar-refractivity contribution < 1.29 is 8.95 Å². The van der Waals surface area contributed by atoms with E-state index in [1.807, 2.05) is 25.1 Å². The fourth-order valence-corrected chi connectivity index (χ4v) is 3.18. The quantitative estimate of drug-likeness (QED) is 0.876. The van der Waals surface area contributed by atoms with Gasteiger partial charge in [0, 0.05) is 32.6 Å². The maximum atomic E-state index is 11.9. The first kappa shape index (κ1) is 14.7. The number of hydrogen-bond acceptors (Lipinski definition) is 3. The zero-order chi connectivity index (χ0) is 12.8. The Labute approximate surface area is 113 Å². The maximum Gasteiger partial charge on any atom is 0.123 e. The van der Waals surface area contributed by atoms with Crippen LogP contribution in [0.1, 0.15) is 18.9 Å². The molecule has 0 aromatic heterocycles. The minimum absolute atomic E-state index is 0.100. The van der Waals surface area contributed by atoms with Gasteiger partial charge in [0.2, 0.25) is 0 Å². The highest BCUT2D eigenvalue weighted by Gasteiger charge is 2.09. The van der Waals surface area contributed by atoms with Crippen LogP contribution in [0.4, 0.5) is 0 Å². The summed E-state index contributed by atoms with van der Waals surface area (Å²) in [5.41, 5.74) is 6.61. The van der Waals surface area contributed by atoms with E-state index >= 15 is 0 Å².